The van der Waals surface area contributed by atoms with Crippen molar-refractivity contribution in [3.8, 4) is 0 Å². The maximum Gasteiger partial charge on any atom is 0.243 e. The molecular formula is C12H15ClN2O. The molecule has 0 saturated heterocycles. The predicted octanol–water partition coefficient (Wildman–Crippen LogP) is 2.41. The molecule has 0 bridgehead atoms. The number of hydrogen-bond donors (Lipinski definition) is 2. The SMILES string of the molecule is CC1CC(Nc2ccc(Cl)cc2)(C(N)=O)C1. The molecule has 3 N–H and O–H groups in total. The summed E-state index contributed by atoms with van der Waals surface area (Å²) >= 11 is 5.80. The van der Waals surface area contributed by atoms with Crippen molar-refractivity contribution in [1.82, 2.24) is 0 Å². The molecule has 0 aliphatic heterocycles. The van der Waals surface area contributed by atoms with Gasteiger partial charge < -0.3 is 11.1 Å². The number of carbonyl (C=O) groups excluding carboxylic acids is 1. The Morgan fingerprint density at radius 2 is 2.00 bits per heavy atom. The minimum atomic E-state index is -0.562. The Labute approximate surface area is 100.0 Å². The van der Waals surface area contributed by atoms with Gasteiger partial charge in [0.15, 0.2) is 0 Å². The summed E-state index contributed by atoms with van der Waals surface area (Å²) in [5.74, 6) is 0.271. The summed E-state index contributed by atoms with van der Waals surface area (Å²) in [5.41, 5.74) is 5.77. The van der Waals surface area contributed by atoms with E-state index >= 15 is 0 Å². The molecule has 0 spiro atoms. The maximum atomic E-state index is 11.5. The fourth-order valence-electron chi connectivity index (χ4n) is 2.30. The summed E-state index contributed by atoms with van der Waals surface area (Å²) in [7, 11) is 0. The van der Waals surface area contributed by atoms with Gasteiger partial charge in [0, 0.05) is 10.7 Å². The molecule has 1 aromatic rings. The molecule has 1 aromatic carbocycles. The number of benzene rings is 1. The number of nitrogens with one attached hydrogen (secondary N) is 1. The molecular weight excluding hydrogens is 224 g/mol. The monoisotopic (exact) mass is 238 g/mol. The van der Waals surface area contributed by atoms with Crippen LogP contribution < -0.4 is 11.1 Å². The molecule has 1 fully saturated rings. The molecule has 86 valence electrons. The third kappa shape index (κ3) is 2.00. The molecule has 16 heavy (non-hydrogen) atoms. The quantitative estimate of drug-likeness (QED) is 0.850. The smallest absolute Gasteiger partial charge is 0.243 e. The number of nitrogens with two attached hydrogens (primary N) is 1. The first kappa shape index (κ1) is 11.3. The van der Waals surface area contributed by atoms with Gasteiger partial charge >= 0.3 is 0 Å². The van der Waals surface area contributed by atoms with Gasteiger partial charge in [0.25, 0.3) is 0 Å². The Hall–Kier alpha value is -1.22. The Bertz CT molecular complexity index is 396. The van der Waals surface area contributed by atoms with E-state index in [1.165, 1.54) is 0 Å². The minimum absolute atomic E-state index is 0.277. The van der Waals surface area contributed by atoms with Crippen molar-refractivity contribution in [2.75, 3.05) is 5.32 Å². The van der Waals surface area contributed by atoms with Gasteiger partial charge in [0.2, 0.25) is 5.91 Å². The molecule has 0 unspecified atom stereocenters. The van der Waals surface area contributed by atoms with E-state index in [-0.39, 0.29) is 5.91 Å². The van der Waals surface area contributed by atoms with E-state index in [4.69, 9.17) is 17.3 Å². The highest BCUT2D eigenvalue weighted by Gasteiger charge is 2.47. The van der Waals surface area contributed by atoms with Crippen LogP contribution in [0.15, 0.2) is 24.3 Å². The van der Waals surface area contributed by atoms with E-state index in [1.807, 2.05) is 12.1 Å². The highest BCUT2D eigenvalue weighted by atomic mass is 35.5. The summed E-state index contributed by atoms with van der Waals surface area (Å²) in [4.78, 5) is 11.5. The van der Waals surface area contributed by atoms with Gasteiger partial charge in [-0.25, -0.2) is 0 Å². The fourth-order valence-corrected chi connectivity index (χ4v) is 2.43. The third-order valence-corrected chi connectivity index (χ3v) is 3.35. The number of carbonyl (C=O) groups is 1. The summed E-state index contributed by atoms with van der Waals surface area (Å²) in [5, 5.41) is 3.90. The standard InChI is InChI=1S/C12H15ClN2O/c1-8-6-12(7-8,11(14)16)15-10-4-2-9(13)3-5-10/h2-5,8,15H,6-7H2,1H3,(H2,14,16). The lowest BCUT2D eigenvalue weighted by Gasteiger charge is -2.45. The zero-order valence-corrected chi connectivity index (χ0v) is 9.92. The van der Waals surface area contributed by atoms with Crippen LogP contribution in [-0.2, 0) is 4.79 Å². The number of amides is 1. The molecule has 3 nitrogen and oxygen atoms in total. The van der Waals surface area contributed by atoms with Crippen molar-refractivity contribution in [2.45, 2.75) is 25.3 Å². The molecule has 1 amide bonds. The molecule has 4 heteroatoms. The van der Waals surface area contributed by atoms with Crippen LogP contribution in [0.4, 0.5) is 5.69 Å². The predicted molar refractivity (Wildman–Crippen MR) is 65.4 cm³/mol. The van der Waals surface area contributed by atoms with Crippen molar-refractivity contribution in [1.29, 1.82) is 0 Å². The highest BCUT2D eigenvalue weighted by Crippen LogP contribution is 2.40. The van der Waals surface area contributed by atoms with Crippen LogP contribution in [0.25, 0.3) is 0 Å². The van der Waals surface area contributed by atoms with E-state index in [0.717, 1.165) is 18.5 Å². The molecule has 0 heterocycles. The van der Waals surface area contributed by atoms with Gasteiger partial charge in [-0.1, -0.05) is 18.5 Å². The van der Waals surface area contributed by atoms with Gasteiger partial charge in [0.1, 0.15) is 5.54 Å². The average molecular weight is 239 g/mol. The molecule has 2 rings (SSSR count). The Balaban J connectivity index is 2.13. The summed E-state index contributed by atoms with van der Waals surface area (Å²) in [6.45, 7) is 2.12. The lowest BCUT2D eigenvalue weighted by atomic mass is 9.68. The Morgan fingerprint density at radius 1 is 1.44 bits per heavy atom. The first-order chi connectivity index (χ1) is 7.52. The average Bonchev–Trinajstić information content (AvgIpc) is 2.18. The second kappa shape index (κ2) is 3.98. The van der Waals surface area contributed by atoms with Crippen molar-refractivity contribution < 1.29 is 4.79 Å². The number of halogens is 1. The van der Waals surface area contributed by atoms with Crippen LogP contribution in [0.1, 0.15) is 19.8 Å². The van der Waals surface area contributed by atoms with E-state index in [2.05, 4.69) is 12.2 Å². The lowest BCUT2D eigenvalue weighted by molar-refractivity contribution is -0.126. The highest BCUT2D eigenvalue weighted by molar-refractivity contribution is 6.30. The van der Waals surface area contributed by atoms with Gasteiger partial charge in [-0.3, -0.25) is 4.79 Å². The maximum absolute atomic E-state index is 11.5. The zero-order valence-electron chi connectivity index (χ0n) is 9.16. The van der Waals surface area contributed by atoms with Crippen LogP contribution in [0.3, 0.4) is 0 Å². The molecule has 0 aromatic heterocycles. The molecule has 1 aliphatic rings. The van der Waals surface area contributed by atoms with Gasteiger partial charge in [0.05, 0.1) is 0 Å². The van der Waals surface area contributed by atoms with Gasteiger partial charge in [-0.2, -0.15) is 0 Å². The second-order valence-corrected chi connectivity index (χ2v) is 5.03. The van der Waals surface area contributed by atoms with Gasteiger partial charge in [-0.15, -0.1) is 0 Å². The molecule has 1 saturated carbocycles. The van der Waals surface area contributed by atoms with Crippen LogP contribution in [0.2, 0.25) is 5.02 Å². The number of hydrogen-bond acceptors (Lipinski definition) is 2. The number of primary amides is 1. The van der Waals surface area contributed by atoms with E-state index in [0.29, 0.717) is 10.9 Å². The zero-order chi connectivity index (χ0) is 11.8. The van der Waals surface area contributed by atoms with Crippen molar-refractivity contribution >= 4 is 23.2 Å². The molecule has 1 aliphatic carbocycles. The summed E-state index contributed by atoms with van der Waals surface area (Å²) < 4.78 is 0. The second-order valence-electron chi connectivity index (χ2n) is 4.59. The number of rotatable bonds is 3. The van der Waals surface area contributed by atoms with Crippen LogP contribution in [0.5, 0.6) is 0 Å². The largest absolute Gasteiger partial charge is 0.371 e. The summed E-state index contributed by atoms with van der Waals surface area (Å²) in [6.07, 6.45) is 1.59. The molecule has 0 radical (unpaired) electrons. The van der Waals surface area contributed by atoms with E-state index in [9.17, 15) is 4.79 Å². The van der Waals surface area contributed by atoms with Crippen molar-refractivity contribution in [3.05, 3.63) is 29.3 Å². The normalized spacial score (nSPS) is 28.2. The van der Waals surface area contributed by atoms with Crippen LogP contribution in [-0.4, -0.2) is 11.4 Å². The topological polar surface area (TPSA) is 55.1 Å². The summed E-state index contributed by atoms with van der Waals surface area (Å²) in [6, 6.07) is 7.30. The fraction of sp³-hybridized carbons (Fsp3) is 0.417. The minimum Gasteiger partial charge on any atom is -0.371 e. The van der Waals surface area contributed by atoms with Crippen LogP contribution in [0, 0.1) is 5.92 Å². The van der Waals surface area contributed by atoms with Crippen molar-refractivity contribution in [2.24, 2.45) is 11.7 Å². The lowest BCUT2D eigenvalue weighted by Crippen LogP contribution is -2.58. The molecule has 0 atom stereocenters. The third-order valence-electron chi connectivity index (χ3n) is 3.09. The van der Waals surface area contributed by atoms with E-state index < -0.39 is 5.54 Å². The first-order valence-corrected chi connectivity index (χ1v) is 5.73. The Kier molecular flexibility index (Phi) is 2.80. The van der Waals surface area contributed by atoms with Crippen molar-refractivity contribution in [3.63, 3.8) is 0 Å². The van der Waals surface area contributed by atoms with Gasteiger partial charge in [-0.05, 0) is 43.0 Å². The van der Waals surface area contributed by atoms with E-state index in [1.54, 1.807) is 12.1 Å². The number of anilines is 1. The van der Waals surface area contributed by atoms with Crippen LogP contribution >= 0.6 is 11.6 Å². The first-order valence-electron chi connectivity index (χ1n) is 5.35. The Morgan fingerprint density at radius 3 is 2.44 bits per heavy atom.